The van der Waals surface area contributed by atoms with E-state index in [0.717, 1.165) is 0 Å². The number of ether oxygens (including phenoxy) is 1. The highest BCUT2D eigenvalue weighted by Gasteiger charge is 2.01. The first-order valence-corrected chi connectivity index (χ1v) is 6.57. The van der Waals surface area contributed by atoms with Crippen molar-refractivity contribution < 1.29 is 9.53 Å². The third-order valence-corrected chi connectivity index (χ3v) is 3.10. The van der Waals surface area contributed by atoms with Crippen LogP contribution < -0.4 is 4.80 Å². The molecule has 0 atom stereocenters. The fourth-order valence-corrected chi connectivity index (χ4v) is 2.24. The minimum absolute atomic E-state index is 0.340. The number of benzene rings is 1. The van der Waals surface area contributed by atoms with E-state index < -0.39 is 6.09 Å². The van der Waals surface area contributed by atoms with Crippen LogP contribution in [0.15, 0.2) is 46.9 Å². The first kappa shape index (κ1) is 12.6. The number of amides is 1. The van der Waals surface area contributed by atoms with Crippen LogP contribution in [0.2, 0.25) is 0 Å². The summed E-state index contributed by atoms with van der Waals surface area (Å²) >= 11 is 1.42. The normalized spacial score (nSPS) is 11.5. The van der Waals surface area contributed by atoms with Crippen molar-refractivity contribution in [2.75, 3.05) is 6.61 Å². The van der Waals surface area contributed by atoms with Gasteiger partial charge in [0.05, 0.1) is 6.61 Å². The van der Waals surface area contributed by atoms with Crippen molar-refractivity contribution in [1.29, 1.82) is 0 Å². The Morgan fingerprint density at radius 3 is 2.89 bits per heavy atom. The Balaban J connectivity index is 2.20. The topological polar surface area (TPSA) is 43.6 Å². The number of nitrogens with zero attached hydrogens (tertiary/aromatic N) is 2. The van der Waals surface area contributed by atoms with Crippen LogP contribution in [0.1, 0.15) is 12.5 Å². The zero-order valence-electron chi connectivity index (χ0n) is 10.1. The van der Waals surface area contributed by atoms with E-state index in [4.69, 9.17) is 4.74 Å². The fourth-order valence-electron chi connectivity index (χ4n) is 1.52. The van der Waals surface area contributed by atoms with Crippen LogP contribution in [0.4, 0.5) is 4.79 Å². The molecule has 4 nitrogen and oxygen atoms in total. The lowest BCUT2D eigenvalue weighted by molar-refractivity contribution is 0.162. The van der Waals surface area contributed by atoms with Gasteiger partial charge in [0.1, 0.15) is 0 Å². The van der Waals surface area contributed by atoms with Crippen molar-refractivity contribution >= 4 is 17.4 Å². The second-order valence-corrected chi connectivity index (χ2v) is 4.48. The zero-order valence-corrected chi connectivity index (χ0v) is 10.9. The Morgan fingerprint density at radius 2 is 2.17 bits per heavy atom. The summed E-state index contributed by atoms with van der Waals surface area (Å²) in [4.78, 5) is 15.9. The van der Waals surface area contributed by atoms with E-state index in [1.807, 2.05) is 46.5 Å². The molecule has 1 aromatic heterocycles. The standard InChI is InChI=1S/C13H14N2O2S/c1-2-17-13(16)14-12-15(8-9-18-12)10-11-6-4-3-5-7-11/h3-9H,2,10H2,1H3. The van der Waals surface area contributed by atoms with E-state index in [9.17, 15) is 4.79 Å². The molecule has 18 heavy (non-hydrogen) atoms. The maximum atomic E-state index is 11.3. The summed E-state index contributed by atoms with van der Waals surface area (Å²) in [5.41, 5.74) is 1.17. The van der Waals surface area contributed by atoms with Gasteiger partial charge in [-0.15, -0.1) is 16.3 Å². The molecule has 5 heteroatoms. The van der Waals surface area contributed by atoms with Crippen LogP contribution in [-0.2, 0) is 11.3 Å². The fraction of sp³-hybridized carbons (Fsp3) is 0.231. The highest BCUT2D eigenvalue weighted by Crippen LogP contribution is 2.01. The third kappa shape index (κ3) is 3.30. The SMILES string of the molecule is CCOC(=O)N=c1sccn1Cc1ccccc1. The summed E-state index contributed by atoms with van der Waals surface area (Å²) in [6.07, 6.45) is 1.37. The number of carbonyl (C=O) groups is 1. The molecule has 0 aliphatic heterocycles. The van der Waals surface area contributed by atoms with Gasteiger partial charge in [0.2, 0.25) is 0 Å². The van der Waals surface area contributed by atoms with E-state index in [2.05, 4.69) is 4.99 Å². The molecule has 2 rings (SSSR count). The Labute approximate surface area is 109 Å². The molecule has 0 aliphatic carbocycles. The lowest BCUT2D eigenvalue weighted by Gasteiger charge is -2.02. The van der Waals surface area contributed by atoms with Crippen LogP contribution in [0, 0.1) is 0 Å². The average molecular weight is 262 g/mol. The molecule has 1 amide bonds. The van der Waals surface area contributed by atoms with Gasteiger partial charge in [0.15, 0.2) is 4.80 Å². The van der Waals surface area contributed by atoms with E-state index in [1.165, 1.54) is 16.9 Å². The van der Waals surface area contributed by atoms with E-state index >= 15 is 0 Å². The van der Waals surface area contributed by atoms with Crippen LogP contribution in [0.25, 0.3) is 0 Å². The highest BCUT2D eigenvalue weighted by atomic mass is 32.1. The molecular weight excluding hydrogens is 248 g/mol. The van der Waals surface area contributed by atoms with Crippen molar-refractivity contribution in [3.8, 4) is 0 Å². The van der Waals surface area contributed by atoms with Gasteiger partial charge < -0.3 is 9.30 Å². The van der Waals surface area contributed by atoms with E-state index in [-0.39, 0.29) is 0 Å². The van der Waals surface area contributed by atoms with Gasteiger partial charge in [-0.3, -0.25) is 0 Å². The van der Waals surface area contributed by atoms with Gasteiger partial charge in [-0.25, -0.2) is 4.79 Å². The Bertz CT molecular complexity index is 572. The molecular formula is C13H14N2O2S. The van der Waals surface area contributed by atoms with Crippen molar-refractivity contribution in [3.05, 3.63) is 52.3 Å². The molecule has 0 radical (unpaired) electrons. The van der Waals surface area contributed by atoms with Gasteiger partial charge in [-0.2, -0.15) is 0 Å². The molecule has 1 aromatic carbocycles. The quantitative estimate of drug-likeness (QED) is 0.853. The van der Waals surface area contributed by atoms with E-state index in [1.54, 1.807) is 6.92 Å². The first-order valence-electron chi connectivity index (χ1n) is 5.69. The summed E-state index contributed by atoms with van der Waals surface area (Å²) in [5.74, 6) is 0. The largest absolute Gasteiger partial charge is 0.448 e. The Morgan fingerprint density at radius 1 is 1.39 bits per heavy atom. The molecule has 2 aromatic rings. The number of thiazole rings is 1. The summed E-state index contributed by atoms with van der Waals surface area (Å²) in [6.45, 7) is 2.80. The molecule has 0 spiro atoms. The molecule has 94 valence electrons. The second-order valence-electron chi connectivity index (χ2n) is 3.61. The molecule has 0 fully saturated rings. The minimum Gasteiger partial charge on any atom is -0.448 e. The van der Waals surface area contributed by atoms with Crippen LogP contribution in [0.3, 0.4) is 0 Å². The summed E-state index contributed by atoms with van der Waals surface area (Å²) in [7, 11) is 0. The van der Waals surface area contributed by atoms with Gasteiger partial charge in [-0.1, -0.05) is 30.3 Å². The third-order valence-electron chi connectivity index (χ3n) is 2.31. The zero-order chi connectivity index (χ0) is 12.8. The summed E-state index contributed by atoms with van der Waals surface area (Å²) in [6, 6.07) is 10.0. The van der Waals surface area contributed by atoms with Crippen molar-refractivity contribution in [2.24, 2.45) is 4.99 Å². The number of hydrogen-bond acceptors (Lipinski definition) is 3. The second kappa shape index (κ2) is 6.16. The van der Waals surface area contributed by atoms with Crippen molar-refractivity contribution in [2.45, 2.75) is 13.5 Å². The molecule has 0 saturated heterocycles. The summed E-state index contributed by atoms with van der Waals surface area (Å²) in [5, 5.41) is 1.90. The number of hydrogen-bond donors (Lipinski definition) is 0. The van der Waals surface area contributed by atoms with Gasteiger partial charge in [-0.05, 0) is 12.5 Å². The van der Waals surface area contributed by atoms with Gasteiger partial charge in [0, 0.05) is 18.1 Å². The number of carbonyl (C=O) groups excluding carboxylic acids is 1. The van der Waals surface area contributed by atoms with Gasteiger partial charge in [0.25, 0.3) is 0 Å². The van der Waals surface area contributed by atoms with Gasteiger partial charge >= 0.3 is 6.09 Å². The molecule has 0 saturated carbocycles. The van der Waals surface area contributed by atoms with Crippen LogP contribution in [0.5, 0.6) is 0 Å². The molecule has 1 heterocycles. The molecule has 0 bridgehead atoms. The smallest absolute Gasteiger partial charge is 0.436 e. The lowest BCUT2D eigenvalue weighted by atomic mass is 10.2. The predicted octanol–water partition coefficient (Wildman–Crippen LogP) is 2.66. The highest BCUT2D eigenvalue weighted by molar-refractivity contribution is 7.07. The summed E-state index contributed by atoms with van der Waals surface area (Å²) < 4.78 is 6.74. The van der Waals surface area contributed by atoms with Crippen molar-refractivity contribution in [1.82, 2.24) is 4.57 Å². The maximum Gasteiger partial charge on any atom is 0.436 e. The first-order chi connectivity index (χ1) is 8.79. The van der Waals surface area contributed by atoms with Crippen molar-refractivity contribution in [3.63, 3.8) is 0 Å². The van der Waals surface area contributed by atoms with Crippen LogP contribution >= 0.6 is 11.3 Å². The maximum absolute atomic E-state index is 11.3. The molecule has 0 unspecified atom stereocenters. The Hall–Kier alpha value is -1.88. The minimum atomic E-state index is -0.540. The molecule has 0 aliphatic rings. The van der Waals surface area contributed by atoms with E-state index in [0.29, 0.717) is 18.0 Å². The Kier molecular flexibility index (Phi) is 4.30. The van der Waals surface area contributed by atoms with Crippen LogP contribution in [-0.4, -0.2) is 17.3 Å². The average Bonchev–Trinajstić information content (AvgIpc) is 2.78. The molecule has 0 N–H and O–H groups in total. The number of aromatic nitrogens is 1. The predicted molar refractivity (Wildman–Crippen MR) is 70.4 cm³/mol. The monoisotopic (exact) mass is 262 g/mol. The number of rotatable bonds is 3. The lowest BCUT2D eigenvalue weighted by Crippen LogP contribution is -2.17.